The Labute approximate surface area is 138 Å². The molecule has 1 heterocycles. The molecule has 120 valence electrons. The van der Waals surface area contributed by atoms with Gasteiger partial charge in [-0.1, -0.05) is 48.0 Å². The third-order valence-electron chi connectivity index (χ3n) is 4.56. The number of piperidine rings is 1. The number of benzene rings is 2. The largest absolute Gasteiger partial charge is 0.382 e. The first-order valence-corrected chi connectivity index (χ1v) is 8.31. The van der Waals surface area contributed by atoms with Gasteiger partial charge in [0.25, 0.3) is 0 Å². The number of carbonyl (C=O) groups excluding carboxylic acids is 1. The minimum absolute atomic E-state index is 0.184. The first-order valence-electron chi connectivity index (χ1n) is 8.31. The highest BCUT2D eigenvalue weighted by molar-refractivity contribution is 5.78. The lowest BCUT2D eigenvalue weighted by atomic mass is 9.99. The van der Waals surface area contributed by atoms with Crippen molar-refractivity contribution in [2.75, 3.05) is 18.4 Å². The second-order valence-electron chi connectivity index (χ2n) is 6.34. The Morgan fingerprint density at radius 1 is 1.09 bits per heavy atom. The summed E-state index contributed by atoms with van der Waals surface area (Å²) in [7, 11) is 0. The smallest absolute Gasteiger partial charge is 0.219 e. The number of aryl methyl sites for hydroxylation is 1. The highest BCUT2D eigenvalue weighted by Crippen LogP contribution is 2.30. The highest BCUT2D eigenvalue weighted by Gasteiger charge is 2.21. The van der Waals surface area contributed by atoms with E-state index in [0.717, 1.165) is 25.9 Å². The number of likely N-dealkylation sites (tertiary alicyclic amines) is 1. The summed E-state index contributed by atoms with van der Waals surface area (Å²) in [5, 5.41) is 3.69. The quantitative estimate of drug-likeness (QED) is 0.926. The molecule has 23 heavy (non-hydrogen) atoms. The zero-order valence-corrected chi connectivity index (χ0v) is 13.9. The van der Waals surface area contributed by atoms with Crippen LogP contribution in [-0.2, 0) is 4.79 Å². The average Bonchev–Trinajstić information content (AvgIpc) is 2.56. The number of nitrogens with one attached hydrogen (secondary N) is 1. The first kappa shape index (κ1) is 15.6. The van der Waals surface area contributed by atoms with Crippen molar-refractivity contribution in [1.82, 2.24) is 4.90 Å². The van der Waals surface area contributed by atoms with Gasteiger partial charge in [0, 0.05) is 37.3 Å². The molecule has 2 aromatic carbocycles. The number of anilines is 1. The van der Waals surface area contributed by atoms with E-state index < -0.39 is 0 Å². The summed E-state index contributed by atoms with van der Waals surface area (Å²) in [6, 6.07) is 17.5. The van der Waals surface area contributed by atoms with Gasteiger partial charge in [-0.2, -0.15) is 0 Å². The standard InChI is InChI=1S/C20H24N2O/c1-15-6-5-7-17(14-15)19-8-3-4-9-20(19)21-18-10-12-22(13-11-18)16(2)23/h3-9,14,18,21H,10-13H2,1-2H3. The van der Waals surface area contributed by atoms with E-state index in [2.05, 4.69) is 60.8 Å². The van der Waals surface area contributed by atoms with Crippen LogP contribution in [0.4, 0.5) is 5.69 Å². The van der Waals surface area contributed by atoms with Crippen molar-refractivity contribution >= 4 is 11.6 Å². The molecular formula is C20H24N2O. The van der Waals surface area contributed by atoms with E-state index in [1.165, 1.54) is 22.4 Å². The maximum Gasteiger partial charge on any atom is 0.219 e. The van der Waals surface area contributed by atoms with E-state index in [4.69, 9.17) is 0 Å². The highest BCUT2D eigenvalue weighted by atomic mass is 16.2. The SMILES string of the molecule is CC(=O)N1CCC(Nc2ccccc2-c2cccc(C)c2)CC1. The lowest BCUT2D eigenvalue weighted by Crippen LogP contribution is -2.41. The van der Waals surface area contributed by atoms with Gasteiger partial charge in [0.05, 0.1) is 0 Å². The molecule has 3 heteroatoms. The molecular weight excluding hydrogens is 284 g/mol. The molecule has 0 unspecified atom stereocenters. The van der Waals surface area contributed by atoms with E-state index in [-0.39, 0.29) is 5.91 Å². The molecule has 0 atom stereocenters. The second kappa shape index (κ2) is 6.86. The number of hydrogen-bond acceptors (Lipinski definition) is 2. The minimum atomic E-state index is 0.184. The molecule has 0 radical (unpaired) electrons. The van der Waals surface area contributed by atoms with Crippen molar-refractivity contribution in [1.29, 1.82) is 0 Å². The predicted molar refractivity (Wildman–Crippen MR) is 95.5 cm³/mol. The number of carbonyl (C=O) groups is 1. The van der Waals surface area contributed by atoms with E-state index in [9.17, 15) is 4.79 Å². The summed E-state index contributed by atoms with van der Waals surface area (Å²) in [5.74, 6) is 0.184. The van der Waals surface area contributed by atoms with Crippen molar-refractivity contribution in [2.45, 2.75) is 32.7 Å². The van der Waals surface area contributed by atoms with Crippen LogP contribution in [0.15, 0.2) is 48.5 Å². The van der Waals surface area contributed by atoms with Crippen LogP contribution in [0.2, 0.25) is 0 Å². The molecule has 1 saturated heterocycles. The van der Waals surface area contributed by atoms with Crippen LogP contribution in [0.25, 0.3) is 11.1 Å². The van der Waals surface area contributed by atoms with E-state index in [0.29, 0.717) is 6.04 Å². The fraction of sp³-hybridized carbons (Fsp3) is 0.350. The van der Waals surface area contributed by atoms with Gasteiger partial charge in [-0.25, -0.2) is 0 Å². The molecule has 3 rings (SSSR count). The zero-order chi connectivity index (χ0) is 16.2. The first-order chi connectivity index (χ1) is 11.1. The average molecular weight is 308 g/mol. The van der Waals surface area contributed by atoms with Crippen LogP contribution >= 0.6 is 0 Å². The molecule has 1 N–H and O–H groups in total. The normalized spacial score (nSPS) is 15.5. The molecule has 2 aromatic rings. The number of amides is 1. The summed E-state index contributed by atoms with van der Waals surface area (Å²) >= 11 is 0. The van der Waals surface area contributed by atoms with Crippen LogP contribution in [0.3, 0.4) is 0 Å². The Hall–Kier alpha value is -2.29. The lowest BCUT2D eigenvalue weighted by molar-refractivity contribution is -0.129. The lowest BCUT2D eigenvalue weighted by Gasteiger charge is -2.32. The Morgan fingerprint density at radius 2 is 1.83 bits per heavy atom. The molecule has 1 amide bonds. The maximum absolute atomic E-state index is 11.4. The fourth-order valence-electron chi connectivity index (χ4n) is 3.23. The molecule has 1 fully saturated rings. The second-order valence-corrected chi connectivity index (χ2v) is 6.34. The minimum Gasteiger partial charge on any atom is -0.382 e. The topological polar surface area (TPSA) is 32.3 Å². The fourth-order valence-corrected chi connectivity index (χ4v) is 3.23. The molecule has 0 bridgehead atoms. The molecule has 0 aromatic heterocycles. The summed E-state index contributed by atoms with van der Waals surface area (Å²) < 4.78 is 0. The summed E-state index contributed by atoms with van der Waals surface area (Å²) in [4.78, 5) is 13.4. The van der Waals surface area contributed by atoms with Gasteiger partial charge in [0.2, 0.25) is 5.91 Å². The zero-order valence-electron chi connectivity index (χ0n) is 13.9. The monoisotopic (exact) mass is 308 g/mol. The summed E-state index contributed by atoms with van der Waals surface area (Å²) in [6.45, 7) is 5.47. The van der Waals surface area contributed by atoms with Crippen molar-refractivity contribution in [2.24, 2.45) is 0 Å². The van der Waals surface area contributed by atoms with Gasteiger partial charge in [-0.3, -0.25) is 4.79 Å². The number of para-hydroxylation sites is 1. The Kier molecular flexibility index (Phi) is 4.65. The molecule has 0 saturated carbocycles. The Balaban J connectivity index is 1.76. The number of rotatable bonds is 3. The number of nitrogens with zero attached hydrogens (tertiary/aromatic N) is 1. The van der Waals surface area contributed by atoms with Gasteiger partial charge < -0.3 is 10.2 Å². The third-order valence-corrected chi connectivity index (χ3v) is 4.56. The van der Waals surface area contributed by atoms with Crippen LogP contribution < -0.4 is 5.32 Å². The van der Waals surface area contributed by atoms with Gasteiger partial charge in [0.1, 0.15) is 0 Å². The summed E-state index contributed by atoms with van der Waals surface area (Å²) in [5.41, 5.74) is 4.94. The maximum atomic E-state index is 11.4. The van der Waals surface area contributed by atoms with Gasteiger partial charge in [-0.05, 0) is 31.4 Å². The van der Waals surface area contributed by atoms with E-state index in [1.807, 2.05) is 4.90 Å². The van der Waals surface area contributed by atoms with Crippen molar-refractivity contribution < 1.29 is 4.79 Å². The molecule has 1 aliphatic heterocycles. The summed E-state index contributed by atoms with van der Waals surface area (Å²) in [6.07, 6.45) is 2.00. The molecule has 0 aliphatic carbocycles. The van der Waals surface area contributed by atoms with Crippen molar-refractivity contribution in [3.63, 3.8) is 0 Å². The van der Waals surface area contributed by atoms with Crippen LogP contribution in [0.1, 0.15) is 25.3 Å². The Morgan fingerprint density at radius 3 is 2.52 bits per heavy atom. The molecule has 1 aliphatic rings. The molecule has 0 spiro atoms. The van der Waals surface area contributed by atoms with Crippen LogP contribution in [0.5, 0.6) is 0 Å². The van der Waals surface area contributed by atoms with E-state index in [1.54, 1.807) is 6.92 Å². The molecule has 3 nitrogen and oxygen atoms in total. The van der Waals surface area contributed by atoms with Crippen molar-refractivity contribution in [3.05, 3.63) is 54.1 Å². The van der Waals surface area contributed by atoms with Crippen LogP contribution in [0, 0.1) is 6.92 Å². The number of hydrogen-bond donors (Lipinski definition) is 1. The van der Waals surface area contributed by atoms with Crippen LogP contribution in [-0.4, -0.2) is 29.9 Å². The van der Waals surface area contributed by atoms with Gasteiger partial charge >= 0.3 is 0 Å². The van der Waals surface area contributed by atoms with E-state index >= 15 is 0 Å². The third kappa shape index (κ3) is 3.73. The predicted octanol–water partition coefficient (Wildman–Crippen LogP) is 4.08. The Bertz CT molecular complexity index is 688. The van der Waals surface area contributed by atoms with Gasteiger partial charge in [0.15, 0.2) is 0 Å². The van der Waals surface area contributed by atoms with Crippen molar-refractivity contribution in [3.8, 4) is 11.1 Å². The van der Waals surface area contributed by atoms with Gasteiger partial charge in [-0.15, -0.1) is 0 Å².